The molecule has 0 radical (unpaired) electrons. The van der Waals surface area contributed by atoms with Gasteiger partial charge in [-0.05, 0) is 55.3 Å². The maximum atomic E-state index is 13.4. The van der Waals surface area contributed by atoms with Crippen LogP contribution in [0.25, 0.3) is 0 Å². The third-order valence-corrected chi connectivity index (χ3v) is 6.25. The number of anilines is 2. The number of hydrogen-bond donors (Lipinski definition) is 1. The van der Waals surface area contributed by atoms with Gasteiger partial charge in [-0.3, -0.25) is 14.6 Å². The van der Waals surface area contributed by atoms with Crippen LogP contribution in [0.5, 0.6) is 0 Å². The van der Waals surface area contributed by atoms with Crippen LogP contribution in [0, 0.1) is 5.82 Å². The van der Waals surface area contributed by atoms with Gasteiger partial charge in [0.2, 0.25) is 0 Å². The number of halogens is 4. The summed E-state index contributed by atoms with van der Waals surface area (Å²) in [6, 6.07) is 12.3. The quantitative estimate of drug-likeness (QED) is 0.479. The summed E-state index contributed by atoms with van der Waals surface area (Å²) in [6.45, 7) is 0.667. The van der Waals surface area contributed by atoms with Crippen molar-refractivity contribution in [3.63, 3.8) is 0 Å². The lowest BCUT2D eigenvalue weighted by Gasteiger charge is -2.37. The molecule has 188 valence electrons. The van der Waals surface area contributed by atoms with Gasteiger partial charge in [0.1, 0.15) is 5.82 Å². The fourth-order valence-corrected chi connectivity index (χ4v) is 4.29. The van der Waals surface area contributed by atoms with Crippen LogP contribution in [0.2, 0.25) is 0 Å². The molecule has 0 unspecified atom stereocenters. The van der Waals surface area contributed by atoms with Crippen LogP contribution in [-0.4, -0.2) is 52.8 Å². The number of amides is 2. The maximum absolute atomic E-state index is 13.4. The van der Waals surface area contributed by atoms with Gasteiger partial charge < -0.3 is 15.1 Å². The average molecular weight is 500 g/mol. The summed E-state index contributed by atoms with van der Waals surface area (Å²) in [5, 5.41) is 3.22. The van der Waals surface area contributed by atoms with Crippen LogP contribution in [0.1, 0.15) is 39.1 Å². The van der Waals surface area contributed by atoms with Gasteiger partial charge in [-0.15, -0.1) is 0 Å². The molecule has 1 saturated heterocycles. The Morgan fingerprint density at radius 3 is 2.33 bits per heavy atom. The van der Waals surface area contributed by atoms with Crippen molar-refractivity contribution < 1.29 is 27.2 Å². The molecule has 0 saturated carbocycles. The summed E-state index contributed by atoms with van der Waals surface area (Å²) in [5.41, 5.74) is 0.00633. The zero-order valence-corrected chi connectivity index (χ0v) is 19.4. The maximum Gasteiger partial charge on any atom is 0.417 e. The van der Waals surface area contributed by atoms with E-state index in [1.54, 1.807) is 47.6 Å². The van der Waals surface area contributed by atoms with E-state index in [0.29, 0.717) is 43.2 Å². The van der Waals surface area contributed by atoms with Crippen LogP contribution in [-0.2, 0) is 6.18 Å². The minimum Gasteiger partial charge on any atom is -0.355 e. The zero-order valence-electron chi connectivity index (χ0n) is 19.4. The molecule has 2 amide bonds. The Balaban J connectivity index is 1.44. The zero-order chi connectivity index (χ0) is 25.9. The molecule has 1 aromatic heterocycles. The van der Waals surface area contributed by atoms with Crippen molar-refractivity contribution in [2.24, 2.45) is 0 Å². The fraction of sp³-hybridized carbons (Fsp3) is 0.269. The molecule has 0 bridgehead atoms. The van der Waals surface area contributed by atoms with Gasteiger partial charge in [-0.1, -0.05) is 12.1 Å². The number of carbonyl (C=O) groups excluding carboxylic acids is 2. The van der Waals surface area contributed by atoms with Crippen molar-refractivity contribution >= 4 is 23.2 Å². The van der Waals surface area contributed by atoms with Crippen molar-refractivity contribution in [1.29, 1.82) is 0 Å². The Morgan fingerprint density at radius 2 is 1.67 bits per heavy atom. The number of rotatable bonds is 5. The van der Waals surface area contributed by atoms with E-state index in [0.717, 1.165) is 17.8 Å². The minimum atomic E-state index is -4.86. The van der Waals surface area contributed by atoms with E-state index in [1.807, 2.05) is 6.07 Å². The van der Waals surface area contributed by atoms with Gasteiger partial charge in [0.15, 0.2) is 0 Å². The van der Waals surface area contributed by atoms with Crippen LogP contribution >= 0.6 is 0 Å². The highest BCUT2D eigenvalue weighted by molar-refractivity contribution is 6.00. The fourth-order valence-electron chi connectivity index (χ4n) is 4.29. The van der Waals surface area contributed by atoms with Gasteiger partial charge in [0, 0.05) is 44.3 Å². The summed E-state index contributed by atoms with van der Waals surface area (Å²) >= 11 is 0. The van der Waals surface area contributed by atoms with Gasteiger partial charge in [-0.25, -0.2) is 4.39 Å². The number of para-hydroxylation sites is 1. The Bertz CT molecular complexity index is 1240. The highest BCUT2D eigenvalue weighted by Crippen LogP contribution is 2.34. The van der Waals surface area contributed by atoms with E-state index in [1.165, 1.54) is 11.9 Å². The molecule has 0 aliphatic carbocycles. The molecule has 0 atom stereocenters. The number of piperidine rings is 1. The number of nitrogens with one attached hydrogen (secondary N) is 1. The summed E-state index contributed by atoms with van der Waals surface area (Å²) in [4.78, 5) is 33.0. The molecular weight excluding hydrogens is 476 g/mol. The summed E-state index contributed by atoms with van der Waals surface area (Å²) in [7, 11) is 1.43. The molecule has 2 heterocycles. The second-order valence-electron chi connectivity index (χ2n) is 8.53. The lowest BCUT2D eigenvalue weighted by molar-refractivity contribution is -0.138. The van der Waals surface area contributed by atoms with E-state index in [9.17, 15) is 27.2 Å². The molecule has 1 aliphatic heterocycles. The first-order chi connectivity index (χ1) is 17.1. The van der Waals surface area contributed by atoms with E-state index < -0.39 is 29.0 Å². The Morgan fingerprint density at radius 1 is 1.00 bits per heavy atom. The molecule has 1 aliphatic rings. The lowest BCUT2D eigenvalue weighted by atomic mass is 9.99. The van der Waals surface area contributed by atoms with Crippen molar-refractivity contribution in [2.45, 2.75) is 25.1 Å². The Hall–Kier alpha value is -3.95. The lowest BCUT2D eigenvalue weighted by Crippen LogP contribution is -2.47. The van der Waals surface area contributed by atoms with Crippen molar-refractivity contribution in [1.82, 2.24) is 14.8 Å². The van der Waals surface area contributed by atoms with Crippen LogP contribution < -0.4 is 5.32 Å². The van der Waals surface area contributed by atoms with Crippen LogP contribution in [0.15, 0.2) is 67.0 Å². The molecular formula is C26H24F4N4O2. The molecule has 6 nitrogen and oxygen atoms in total. The first-order valence-electron chi connectivity index (χ1n) is 11.3. The first kappa shape index (κ1) is 25.2. The van der Waals surface area contributed by atoms with Crippen LogP contribution in [0.3, 0.4) is 0 Å². The largest absolute Gasteiger partial charge is 0.417 e. The van der Waals surface area contributed by atoms with Crippen LogP contribution in [0.4, 0.5) is 28.9 Å². The highest BCUT2D eigenvalue weighted by Gasteiger charge is 2.37. The Kier molecular flexibility index (Phi) is 7.23. The molecule has 10 heteroatoms. The number of hydrogen-bond acceptors (Lipinski definition) is 4. The molecule has 0 spiro atoms. The van der Waals surface area contributed by atoms with E-state index in [-0.39, 0.29) is 11.9 Å². The Labute approximate surface area is 205 Å². The molecule has 3 aromatic rings. The predicted octanol–water partition coefficient (Wildman–Crippen LogP) is 5.36. The van der Waals surface area contributed by atoms with E-state index >= 15 is 0 Å². The number of pyridine rings is 1. The van der Waals surface area contributed by atoms with Gasteiger partial charge in [0.25, 0.3) is 11.8 Å². The number of carbonyl (C=O) groups is 2. The second kappa shape index (κ2) is 10.3. The van der Waals surface area contributed by atoms with Crippen molar-refractivity contribution in [2.75, 3.05) is 25.5 Å². The third kappa shape index (κ3) is 5.48. The van der Waals surface area contributed by atoms with E-state index in [4.69, 9.17) is 0 Å². The van der Waals surface area contributed by atoms with Crippen molar-refractivity contribution in [3.8, 4) is 0 Å². The third-order valence-electron chi connectivity index (χ3n) is 6.25. The molecule has 4 rings (SSSR count). The normalized spacial score (nSPS) is 14.4. The number of nitrogens with zero attached hydrogens (tertiary/aromatic N) is 3. The number of benzene rings is 2. The second-order valence-corrected chi connectivity index (χ2v) is 8.53. The number of likely N-dealkylation sites (tertiary alicyclic amines) is 1. The summed E-state index contributed by atoms with van der Waals surface area (Å²) < 4.78 is 53.6. The van der Waals surface area contributed by atoms with Crippen molar-refractivity contribution in [3.05, 3.63) is 89.5 Å². The molecule has 1 N–H and O–H groups in total. The predicted molar refractivity (Wildman–Crippen MR) is 126 cm³/mol. The number of aromatic nitrogens is 1. The average Bonchev–Trinajstić information content (AvgIpc) is 2.88. The number of alkyl halides is 3. The summed E-state index contributed by atoms with van der Waals surface area (Å²) in [5.74, 6) is -2.08. The monoisotopic (exact) mass is 500 g/mol. The van der Waals surface area contributed by atoms with Gasteiger partial charge >= 0.3 is 6.18 Å². The van der Waals surface area contributed by atoms with Gasteiger partial charge in [-0.2, -0.15) is 13.2 Å². The standard InChI is InChI=1S/C26H24F4N4O2/c1-33(24(35)20-7-6-17(27)16-22(20)26(28,29)30)19-10-14-34(15-11-19)25(36)21-4-2-3-5-23(21)32-18-8-12-31-13-9-18/h2-9,12-13,16,19H,10-11,14-15H2,1H3,(H,31,32). The molecule has 2 aromatic carbocycles. The SMILES string of the molecule is CN(C(=O)c1ccc(F)cc1C(F)(F)F)C1CCN(C(=O)c2ccccc2Nc2ccncc2)CC1. The topological polar surface area (TPSA) is 65.5 Å². The highest BCUT2D eigenvalue weighted by atomic mass is 19.4. The smallest absolute Gasteiger partial charge is 0.355 e. The molecule has 1 fully saturated rings. The summed E-state index contributed by atoms with van der Waals surface area (Å²) in [6.07, 6.45) is -0.785. The first-order valence-corrected chi connectivity index (χ1v) is 11.3. The minimum absolute atomic E-state index is 0.183. The van der Waals surface area contributed by atoms with Gasteiger partial charge in [0.05, 0.1) is 22.4 Å². The molecule has 36 heavy (non-hydrogen) atoms. The van der Waals surface area contributed by atoms with E-state index in [2.05, 4.69) is 10.3 Å².